The number of carbonyl (C=O) groups excluding carboxylic acids is 2. The van der Waals surface area contributed by atoms with Crippen molar-refractivity contribution in [3.63, 3.8) is 0 Å². The van der Waals surface area contributed by atoms with Crippen LogP contribution in [0, 0.1) is 11.8 Å². The Morgan fingerprint density at radius 1 is 1.29 bits per heavy atom. The van der Waals surface area contributed by atoms with Crippen LogP contribution in [0.25, 0.3) is 0 Å². The highest BCUT2D eigenvalue weighted by Gasteiger charge is 2.39. The van der Waals surface area contributed by atoms with Gasteiger partial charge in [0.2, 0.25) is 0 Å². The van der Waals surface area contributed by atoms with Crippen LogP contribution in [0.2, 0.25) is 0 Å². The molecule has 2 unspecified atom stereocenters. The maximum Gasteiger partial charge on any atom is 0.316 e. The number of hydrogen-bond donors (Lipinski definition) is 0. The molecular formula is C16H20O5. The van der Waals surface area contributed by atoms with E-state index >= 15 is 0 Å². The smallest absolute Gasteiger partial charge is 0.316 e. The van der Waals surface area contributed by atoms with E-state index in [9.17, 15) is 9.59 Å². The van der Waals surface area contributed by atoms with Gasteiger partial charge < -0.3 is 14.2 Å². The summed E-state index contributed by atoms with van der Waals surface area (Å²) >= 11 is 0. The molecule has 1 aliphatic rings. The van der Waals surface area contributed by atoms with Crippen LogP contribution in [0.5, 0.6) is 11.5 Å². The van der Waals surface area contributed by atoms with Gasteiger partial charge in [0.25, 0.3) is 0 Å². The first-order valence-electron chi connectivity index (χ1n) is 7.13. The van der Waals surface area contributed by atoms with Crippen molar-refractivity contribution in [2.24, 2.45) is 11.8 Å². The van der Waals surface area contributed by atoms with Crippen LogP contribution in [-0.2, 0) is 14.3 Å². The normalized spacial score (nSPS) is 18.2. The van der Waals surface area contributed by atoms with Gasteiger partial charge in [0, 0.05) is 0 Å². The maximum atomic E-state index is 12.6. The Bertz CT molecular complexity index is 523. The molecule has 0 bridgehead atoms. The molecule has 0 aliphatic carbocycles. The average Bonchev–Trinajstić information content (AvgIpc) is 2.46. The number of ether oxygens (including phenoxy) is 3. The van der Waals surface area contributed by atoms with Crippen LogP contribution < -0.4 is 9.47 Å². The summed E-state index contributed by atoms with van der Waals surface area (Å²) < 4.78 is 16.2. The Labute approximate surface area is 124 Å². The van der Waals surface area contributed by atoms with E-state index in [1.54, 1.807) is 25.1 Å². The zero-order valence-corrected chi connectivity index (χ0v) is 12.5. The maximum absolute atomic E-state index is 12.6. The molecule has 1 heterocycles. The lowest BCUT2D eigenvalue weighted by atomic mass is 9.89. The SMILES string of the molecule is CCOC(=O)C(C(=O)C1COc2ccccc2O1)C(C)C. The molecule has 0 radical (unpaired) electrons. The number of ketones is 1. The number of fused-ring (bicyclic) bond motifs is 1. The molecule has 5 heteroatoms. The molecule has 2 rings (SSSR count). The van der Waals surface area contributed by atoms with E-state index in [4.69, 9.17) is 14.2 Å². The first-order chi connectivity index (χ1) is 10.0. The topological polar surface area (TPSA) is 61.8 Å². The average molecular weight is 292 g/mol. The highest BCUT2D eigenvalue weighted by molar-refractivity contribution is 6.01. The Morgan fingerprint density at radius 3 is 2.57 bits per heavy atom. The van der Waals surface area contributed by atoms with Crippen molar-refractivity contribution in [2.45, 2.75) is 26.9 Å². The molecule has 1 aromatic carbocycles. The molecule has 0 N–H and O–H groups in total. The summed E-state index contributed by atoms with van der Waals surface area (Å²) in [4.78, 5) is 24.5. The van der Waals surface area contributed by atoms with Crippen molar-refractivity contribution in [3.05, 3.63) is 24.3 Å². The molecule has 0 fully saturated rings. The predicted molar refractivity (Wildman–Crippen MR) is 76.3 cm³/mol. The van der Waals surface area contributed by atoms with Gasteiger partial charge in [-0.2, -0.15) is 0 Å². The van der Waals surface area contributed by atoms with E-state index in [1.165, 1.54) is 0 Å². The van der Waals surface area contributed by atoms with E-state index in [1.807, 2.05) is 19.9 Å². The third-order valence-electron chi connectivity index (χ3n) is 3.34. The summed E-state index contributed by atoms with van der Waals surface area (Å²) in [6.07, 6.45) is -0.781. The molecule has 1 aromatic rings. The van der Waals surface area contributed by atoms with Crippen LogP contribution >= 0.6 is 0 Å². The second-order valence-corrected chi connectivity index (χ2v) is 5.24. The highest BCUT2D eigenvalue weighted by atomic mass is 16.6. The van der Waals surface area contributed by atoms with E-state index in [0.717, 1.165) is 0 Å². The van der Waals surface area contributed by atoms with Gasteiger partial charge in [-0.3, -0.25) is 9.59 Å². The monoisotopic (exact) mass is 292 g/mol. The third-order valence-corrected chi connectivity index (χ3v) is 3.34. The predicted octanol–water partition coefficient (Wildman–Crippen LogP) is 2.23. The van der Waals surface area contributed by atoms with Crippen LogP contribution in [0.1, 0.15) is 20.8 Å². The molecule has 1 aliphatic heterocycles. The summed E-state index contributed by atoms with van der Waals surface area (Å²) in [7, 11) is 0. The number of Topliss-reactive ketones (excluding diaryl/α,β-unsaturated/α-hetero) is 1. The summed E-state index contributed by atoms with van der Waals surface area (Å²) in [6.45, 7) is 5.71. The third kappa shape index (κ3) is 3.35. The standard InChI is InChI=1S/C16H20O5/c1-4-19-16(18)14(10(2)3)15(17)13-9-20-11-7-5-6-8-12(11)21-13/h5-8,10,13-14H,4,9H2,1-3H3. The van der Waals surface area contributed by atoms with Crippen molar-refractivity contribution >= 4 is 11.8 Å². The van der Waals surface area contributed by atoms with E-state index in [-0.39, 0.29) is 24.9 Å². The molecule has 21 heavy (non-hydrogen) atoms. The Kier molecular flexibility index (Phi) is 4.83. The molecule has 0 saturated heterocycles. The van der Waals surface area contributed by atoms with E-state index in [0.29, 0.717) is 11.5 Å². The number of rotatable bonds is 5. The lowest BCUT2D eigenvalue weighted by Gasteiger charge is -2.28. The number of hydrogen-bond acceptors (Lipinski definition) is 5. The van der Waals surface area contributed by atoms with Crippen LogP contribution in [-0.4, -0.2) is 31.1 Å². The van der Waals surface area contributed by atoms with E-state index < -0.39 is 18.0 Å². The molecular weight excluding hydrogens is 272 g/mol. The lowest BCUT2D eigenvalue weighted by molar-refractivity contribution is -0.156. The fourth-order valence-corrected chi connectivity index (χ4v) is 2.31. The zero-order valence-electron chi connectivity index (χ0n) is 12.5. The minimum atomic E-state index is -0.830. The Hall–Kier alpha value is -2.04. The summed E-state index contributed by atoms with van der Waals surface area (Å²) in [6, 6.07) is 7.16. The lowest BCUT2D eigenvalue weighted by Crippen LogP contribution is -2.44. The van der Waals surface area contributed by atoms with Gasteiger partial charge in [0.05, 0.1) is 6.61 Å². The fraction of sp³-hybridized carbons (Fsp3) is 0.500. The number of para-hydroxylation sites is 2. The van der Waals surface area contributed by atoms with Crippen LogP contribution in [0.4, 0.5) is 0 Å². The summed E-state index contributed by atoms with van der Waals surface area (Å²) in [5.41, 5.74) is 0. The van der Waals surface area contributed by atoms with Gasteiger partial charge in [-0.15, -0.1) is 0 Å². The van der Waals surface area contributed by atoms with E-state index in [2.05, 4.69) is 0 Å². The first-order valence-corrected chi connectivity index (χ1v) is 7.13. The molecule has 0 aromatic heterocycles. The molecule has 0 spiro atoms. The number of benzene rings is 1. The Morgan fingerprint density at radius 2 is 1.95 bits per heavy atom. The molecule has 5 nitrogen and oxygen atoms in total. The minimum Gasteiger partial charge on any atom is -0.485 e. The van der Waals surface area contributed by atoms with Gasteiger partial charge in [-0.1, -0.05) is 26.0 Å². The van der Waals surface area contributed by atoms with Gasteiger partial charge in [0.1, 0.15) is 12.5 Å². The van der Waals surface area contributed by atoms with Crippen molar-refractivity contribution in [3.8, 4) is 11.5 Å². The second kappa shape index (κ2) is 6.61. The Balaban J connectivity index is 2.14. The zero-order chi connectivity index (χ0) is 15.4. The van der Waals surface area contributed by atoms with Gasteiger partial charge in [-0.05, 0) is 25.0 Å². The van der Waals surface area contributed by atoms with Gasteiger partial charge >= 0.3 is 5.97 Å². The van der Waals surface area contributed by atoms with Gasteiger partial charge in [-0.25, -0.2) is 0 Å². The van der Waals surface area contributed by atoms with Crippen molar-refractivity contribution in [2.75, 3.05) is 13.2 Å². The fourth-order valence-electron chi connectivity index (χ4n) is 2.31. The second-order valence-electron chi connectivity index (χ2n) is 5.24. The molecule has 114 valence electrons. The summed E-state index contributed by atoms with van der Waals surface area (Å²) in [5.74, 6) is -0.647. The highest BCUT2D eigenvalue weighted by Crippen LogP contribution is 2.32. The van der Waals surface area contributed by atoms with Crippen molar-refractivity contribution in [1.82, 2.24) is 0 Å². The van der Waals surface area contributed by atoms with Crippen LogP contribution in [0.3, 0.4) is 0 Å². The van der Waals surface area contributed by atoms with Crippen molar-refractivity contribution < 1.29 is 23.8 Å². The van der Waals surface area contributed by atoms with Crippen molar-refractivity contribution in [1.29, 1.82) is 0 Å². The van der Waals surface area contributed by atoms with Gasteiger partial charge in [0.15, 0.2) is 23.4 Å². The number of carbonyl (C=O) groups is 2. The quantitative estimate of drug-likeness (QED) is 0.615. The number of esters is 1. The summed E-state index contributed by atoms with van der Waals surface area (Å²) in [5, 5.41) is 0. The largest absolute Gasteiger partial charge is 0.485 e. The molecule has 0 amide bonds. The minimum absolute atomic E-state index is 0.110. The van der Waals surface area contributed by atoms with Crippen LogP contribution in [0.15, 0.2) is 24.3 Å². The first kappa shape index (κ1) is 15.4. The molecule has 0 saturated carbocycles. The molecule has 2 atom stereocenters.